The van der Waals surface area contributed by atoms with E-state index in [1.165, 1.54) is 66.0 Å². The first-order chi connectivity index (χ1) is 15.9. The molecule has 4 saturated carbocycles. The summed E-state index contributed by atoms with van der Waals surface area (Å²) in [6.07, 6.45) is 8.81. The number of hydrogen-bond donors (Lipinski definition) is 0. The molecule has 0 saturated heterocycles. The topological polar surface area (TPSA) is 13.1 Å². The van der Waals surface area contributed by atoms with Crippen LogP contribution < -0.4 is 0 Å². The van der Waals surface area contributed by atoms with E-state index in [1.807, 2.05) is 0 Å². The number of rotatable bonds is 2. The zero-order chi connectivity index (χ0) is 22.4. The second-order valence-electron chi connectivity index (χ2n) is 12.5. The number of furan rings is 1. The molecule has 0 atom stereocenters. The maximum absolute atomic E-state index is 6.36. The van der Waals surface area contributed by atoms with Gasteiger partial charge >= 0.3 is 0 Å². The Balaban J connectivity index is 1.33. The molecule has 4 aromatic rings. The molecule has 8 rings (SSSR count). The van der Waals surface area contributed by atoms with Gasteiger partial charge in [0.2, 0.25) is 0 Å². The number of benzene rings is 3. The Hall–Kier alpha value is -2.54. The molecule has 4 aliphatic carbocycles. The molecule has 0 spiro atoms. The number of para-hydroxylation sites is 1. The van der Waals surface area contributed by atoms with Crippen LogP contribution in [0.25, 0.3) is 33.1 Å². The molecular formula is C32H34O. The summed E-state index contributed by atoms with van der Waals surface area (Å²) >= 11 is 0. The lowest BCUT2D eigenvalue weighted by Gasteiger charge is -2.57. The van der Waals surface area contributed by atoms with Gasteiger partial charge in [-0.1, -0.05) is 63.2 Å². The van der Waals surface area contributed by atoms with Crippen molar-refractivity contribution in [2.75, 3.05) is 0 Å². The molecule has 1 aromatic heterocycles. The minimum atomic E-state index is 0.0152. The largest absolute Gasteiger partial charge is 0.456 e. The maximum Gasteiger partial charge on any atom is 0.139 e. The fourth-order valence-electron chi connectivity index (χ4n) is 8.03. The van der Waals surface area contributed by atoms with Gasteiger partial charge in [-0.3, -0.25) is 0 Å². The first kappa shape index (κ1) is 19.9. The van der Waals surface area contributed by atoms with Crippen molar-refractivity contribution in [3.8, 4) is 11.1 Å². The monoisotopic (exact) mass is 434 g/mol. The first-order valence-electron chi connectivity index (χ1n) is 12.9. The highest BCUT2D eigenvalue weighted by atomic mass is 16.3. The van der Waals surface area contributed by atoms with Crippen LogP contribution in [0.1, 0.15) is 70.4 Å². The smallest absolute Gasteiger partial charge is 0.139 e. The molecule has 0 amide bonds. The van der Waals surface area contributed by atoms with E-state index in [0.717, 1.165) is 28.9 Å². The highest BCUT2D eigenvalue weighted by Crippen LogP contribution is 2.60. The van der Waals surface area contributed by atoms with Crippen molar-refractivity contribution in [2.45, 2.75) is 70.1 Å². The lowest BCUT2D eigenvalue weighted by atomic mass is 9.48. The molecule has 1 nitrogen and oxygen atoms in total. The molecule has 1 heteroatoms. The molecule has 4 bridgehead atoms. The SMILES string of the molecule is CC(C)(C)c1cc(-c2ccc(C34CC5CC(CC(C5)C3)C4)cc2)cc2c1oc1ccccc12. The maximum atomic E-state index is 6.36. The van der Waals surface area contributed by atoms with E-state index in [0.29, 0.717) is 5.41 Å². The van der Waals surface area contributed by atoms with Crippen LogP contribution in [0.5, 0.6) is 0 Å². The van der Waals surface area contributed by atoms with Crippen molar-refractivity contribution in [3.05, 3.63) is 71.8 Å². The second-order valence-corrected chi connectivity index (χ2v) is 12.5. The fraction of sp³-hybridized carbons (Fsp3) is 0.438. The van der Waals surface area contributed by atoms with Crippen LogP contribution >= 0.6 is 0 Å². The van der Waals surface area contributed by atoms with Crippen molar-refractivity contribution < 1.29 is 4.42 Å². The van der Waals surface area contributed by atoms with Crippen molar-refractivity contribution >= 4 is 21.9 Å². The van der Waals surface area contributed by atoms with Gasteiger partial charge in [0, 0.05) is 16.3 Å². The van der Waals surface area contributed by atoms with Gasteiger partial charge in [-0.15, -0.1) is 0 Å². The van der Waals surface area contributed by atoms with Crippen LogP contribution in [0.15, 0.2) is 65.1 Å². The van der Waals surface area contributed by atoms with Gasteiger partial charge in [-0.05, 0) is 102 Å². The van der Waals surface area contributed by atoms with E-state index >= 15 is 0 Å². The van der Waals surface area contributed by atoms with Crippen molar-refractivity contribution in [3.63, 3.8) is 0 Å². The lowest BCUT2D eigenvalue weighted by molar-refractivity contribution is -0.00518. The van der Waals surface area contributed by atoms with E-state index in [4.69, 9.17) is 4.42 Å². The summed E-state index contributed by atoms with van der Waals surface area (Å²) in [4.78, 5) is 0. The van der Waals surface area contributed by atoms with Gasteiger partial charge in [0.25, 0.3) is 0 Å². The minimum absolute atomic E-state index is 0.0152. The van der Waals surface area contributed by atoms with Crippen LogP contribution in [-0.2, 0) is 10.8 Å². The van der Waals surface area contributed by atoms with E-state index in [1.54, 1.807) is 5.56 Å². The Labute approximate surface area is 197 Å². The van der Waals surface area contributed by atoms with Crippen LogP contribution in [0, 0.1) is 17.8 Å². The second kappa shape index (κ2) is 6.75. The normalized spacial score (nSPS) is 28.8. The quantitative estimate of drug-likeness (QED) is 0.307. The van der Waals surface area contributed by atoms with Gasteiger partial charge < -0.3 is 4.42 Å². The van der Waals surface area contributed by atoms with Crippen LogP contribution in [0.3, 0.4) is 0 Å². The molecule has 0 aliphatic heterocycles. The Kier molecular flexibility index (Phi) is 4.07. The summed E-state index contributed by atoms with van der Waals surface area (Å²) in [5.41, 5.74) is 8.02. The zero-order valence-corrected chi connectivity index (χ0v) is 20.2. The predicted octanol–water partition coefficient (Wildman–Crippen LogP) is 9.02. The van der Waals surface area contributed by atoms with Crippen LogP contribution in [0.2, 0.25) is 0 Å². The van der Waals surface area contributed by atoms with Crippen molar-refractivity contribution in [1.29, 1.82) is 0 Å². The molecule has 3 aromatic carbocycles. The van der Waals surface area contributed by atoms with Gasteiger partial charge in [-0.25, -0.2) is 0 Å². The van der Waals surface area contributed by atoms with Crippen LogP contribution in [-0.4, -0.2) is 0 Å². The van der Waals surface area contributed by atoms with Crippen molar-refractivity contribution in [2.24, 2.45) is 17.8 Å². The highest BCUT2D eigenvalue weighted by molar-refractivity contribution is 6.07. The van der Waals surface area contributed by atoms with E-state index in [9.17, 15) is 0 Å². The summed E-state index contributed by atoms with van der Waals surface area (Å²) in [7, 11) is 0. The molecule has 1 heterocycles. The third kappa shape index (κ3) is 3.04. The average Bonchev–Trinajstić information content (AvgIpc) is 3.15. The van der Waals surface area contributed by atoms with E-state index in [-0.39, 0.29) is 5.41 Å². The fourth-order valence-corrected chi connectivity index (χ4v) is 8.03. The minimum Gasteiger partial charge on any atom is -0.456 e. The summed E-state index contributed by atoms with van der Waals surface area (Å²) < 4.78 is 6.36. The molecule has 33 heavy (non-hydrogen) atoms. The van der Waals surface area contributed by atoms with Gasteiger partial charge in [0.1, 0.15) is 11.2 Å². The molecule has 0 N–H and O–H groups in total. The van der Waals surface area contributed by atoms with E-state index in [2.05, 4.69) is 81.4 Å². The predicted molar refractivity (Wildman–Crippen MR) is 138 cm³/mol. The molecule has 4 aliphatic rings. The highest BCUT2D eigenvalue weighted by Gasteiger charge is 2.51. The Morgan fingerprint density at radius 3 is 2.00 bits per heavy atom. The zero-order valence-electron chi connectivity index (χ0n) is 20.2. The lowest BCUT2D eigenvalue weighted by Crippen LogP contribution is -2.48. The molecule has 0 unspecified atom stereocenters. The number of hydrogen-bond acceptors (Lipinski definition) is 1. The standard InChI is InChI=1S/C32H34O/c1-31(2,3)28-16-24(15-27-26-6-4-5-7-29(26)33-30(27)28)23-8-10-25(11-9-23)32-17-20-12-21(18-32)14-22(13-20)19-32/h4-11,15-16,20-22H,12-14,17-19H2,1-3H3. The molecular weight excluding hydrogens is 400 g/mol. The Morgan fingerprint density at radius 1 is 0.727 bits per heavy atom. The molecule has 168 valence electrons. The molecule has 4 fully saturated rings. The van der Waals surface area contributed by atoms with Crippen LogP contribution in [0.4, 0.5) is 0 Å². The van der Waals surface area contributed by atoms with Gasteiger partial charge in [0.05, 0.1) is 0 Å². The van der Waals surface area contributed by atoms with Gasteiger partial charge in [0.15, 0.2) is 0 Å². The summed E-state index contributed by atoms with van der Waals surface area (Å²) in [6, 6.07) is 22.9. The average molecular weight is 435 g/mol. The summed E-state index contributed by atoms with van der Waals surface area (Å²) in [5, 5.41) is 2.45. The molecule has 0 radical (unpaired) electrons. The van der Waals surface area contributed by atoms with Crippen molar-refractivity contribution in [1.82, 2.24) is 0 Å². The summed E-state index contributed by atoms with van der Waals surface area (Å²) in [5.74, 6) is 2.96. The Morgan fingerprint density at radius 2 is 1.36 bits per heavy atom. The van der Waals surface area contributed by atoms with E-state index < -0.39 is 0 Å². The summed E-state index contributed by atoms with van der Waals surface area (Å²) in [6.45, 7) is 6.86. The third-order valence-electron chi connectivity index (χ3n) is 9.16. The third-order valence-corrected chi connectivity index (χ3v) is 9.16. The number of fused-ring (bicyclic) bond motifs is 3. The first-order valence-corrected chi connectivity index (χ1v) is 12.9. The Bertz CT molecular complexity index is 1330. The van der Waals surface area contributed by atoms with Gasteiger partial charge in [-0.2, -0.15) is 0 Å².